The van der Waals surface area contributed by atoms with Crippen molar-refractivity contribution in [2.45, 2.75) is 63.9 Å². The lowest BCUT2D eigenvalue weighted by Crippen LogP contribution is -2.23. The third-order valence-electron chi connectivity index (χ3n) is 6.78. The first kappa shape index (κ1) is 23.9. The van der Waals surface area contributed by atoms with Crippen LogP contribution in [0.3, 0.4) is 0 Å². The maximum absolute atomic E-state index is 13.3. The Balaban J connectivity index is 1.59. The quantitative estimate of drug-likeness (QED) is 0.436. The van der Waals surface area contributed by atoms with Crippen LogP contribution in [0, 0.1) is 0 Å². The monoisotopic (exact) mass is 492 g/mol. The molecule has 36 heavy (non-hydrogen) atoms. The normalized spacial score (nSPS) is 22.2. The van der Waals surface area contributed by atoms with Crippen LogP contribution in [0.2, 0.25) is 0 Å². The first-order valence-corrected chi connectivity index (χ1v) is 12.3. The van der Waals surface area contributed by atoms with Crippen molar-refractivity contribution in [1.82, 2.24) is 0 Å². The van der Waals surface area contributed by atoms with Gasteiger partial charge in [-0.3, -0.25) is 9.59 Å². The van der Waals surface area contributed by atoms with Crippen LogP contribution in [0.15, 0.2) is 30.3 Å². The van der Waals surface area contributed by atoms with Crippen molar-refractivity contribution in [2.24, 2.45) is 0 Å². The number of phenols is 1. The molecular formula is C28H28O8. The Morgan fingerprint density at radius 2 is 1.78 bits per heavy atom. The minimum atomic E-state index is -0.660. The number of fused-ring (bicyclic) bond motifs is 3. The number of ether oxygens (including phenoxy) is 4. The summed E-state index contributed by atoms with van der Waals surface area (Å²) < 4.78 is 22.1. The van der Waals surface area contributed by atoms with Gasteiger partial charge in [-0.1, -0.05) is 18.2 Å². The van der Waals surface area contributed by atoms with Gasteiger partial charge in [0.25, 0.3) is 0 Å². The fourth-order valence-corrected chi connectivity index (χ4v) is 4.93. The average molecular weight is 493 g/mol. The summed E-state index contributed by atoms with van der Waals surface area (Å²) in [5.41, 5.74) is 1.52. The van der Waals surface area contributed by atoms with E-state index < -0.39 is 24.0 Å². The Morgan fingerprint density at radius 3 is 2.64 bits per heavy atom. The Labute approximate surface area is 208 Å². The van der Waals surface area contributed by atoms with Crippen LogP contribution in [0.4, 0.5) is 0 Å². The van der Waals surface area contributed by atoms with Gasteiger partial charge in [0.05, 0.1) is 12.5 Å². The van der Waals surface area contributed by atoms with E-state index in [4.69, 9.17) is 18.9 Å². The Hall–Kier alpha value is -3.81. The van der Waals surface area contributed by atoms with Gasteiger partial charge >= 0.3 is 11.9 Å². The van der Waals surface area contributed by atoms with E-state index in [1.54, 1.807) is 31.2 Å². The second-order valence-corrected chi connectivity index (χ2v) is 9.39. The molecule has 1 unspecified atom stereocenters. The van der Waals surface area contributed by atoms with E-state index in [1.807, 2.05) is 12.1 Å². The number of cyclic esters (lactones) is 1. The fourth-order valence-electron chi connectivity index (χ4n) is 4.93. The Kier molecular flexibility index (Phi) is 6.67. The molecule has 8 nitrogen and oxygen atoms in total. The molecule has 0 saturated heterocycles. The predicted molar refractivity (Wildman–Crippen MR) is 129 cm³/mol. The van der Waals surface area contributed by atoms with Gasteiger partial charge < -0.3 is 24.1 Å². The van der Waals surface area contributed by atoms with E-state index in [9.17, 15) is 19.5 Å². The van der Waals surface area contributed by atoms with E-state index in [0.29, 0.717) is 61.2 Å². The Morgan fingerprint density at radius 1 is 0.972 bits per heavy atom. The smallest absolute Gasteiger partial charge is 0.342 e. The number of hydrogen-bond donors (Lipinski definition) is 1. The maximum Gasteiger partial charge on any atom is 0.342 e. The van der Waals surface area contributed by atoms with E-state index in [-0.39, 0.29) is 36.1 Å². The van der Waals surface area contributed by atoms with Gasteiger partial charge in [0.15, 0.2) is 11.5 Å². The minimum Gasteiger partial charge on any atom is -0.507 e. The van der Waals surface area contributed by atoms with Crippen LogP contribution >= 0.6 is 0 Å². The second-order valence-electron chi connectivity index (χ2n) is 9.39. The lowest BCUT2D eigenvalue weighted by molar-refractivity contribution is -0.135. The van der Waals surface area contributed by atoms with Gasteiger partial charge in [0.1, 0.15) is 22.8 Å². The molecule has 0 fully saturated rings. The topological polar surface area (TPSA) is 108 Å². The number of benzene rings is 2. The van der Waals surface area contributed by atoms with E-state index >= 15 is 0 Å². The summed E-state index contributed by atoms with van der Waals surface area (Å²) >= 11 is 0. The van der Waals surface area contributed by atoms with Crippen molar-refractivity contribution in [1.29, 1.82) is 0 Å². The first-order valence-electron chi connectivity index (χ1n) is 12.3. The number of aromatic hydroxyl groups is 1. The van der Waals surface area contributed by atoms with Crippen molar-refractivity contribution in [3.63, 3.8) is 0 Å². The van der Waals surface area contributed by atoms with Gasteiger partial charge in [-0.25, -0.2) is 4.79 Å². The molecule has 0 aromatic heterocycles. The molecule has 2 atom stereocenters. The lowest BCUT2D eigenvalue weighted by Gasteiger charge is -2.27. The van der Waals surface area contributed by atoms with Crippen LogP contribution < -0.4 is 14.2 Å². The highest BCUT2D eigenvalue weighted by molar-refractivity contribution is 5.98. The third kappa shape index (κ3) is 4.80. The summed E-state index contributed by atoms with van der Waals surface area (Å²) in [6.45, 7) is 1.89. The molecule has 3 heterocycles. The highest BCUT2D eigenvalue weighted by Gasteiger charge is 2.36. The number of hydrogen-bond acceptors (Lipinski definition) is 8. The lowest BCUT2D eigenvalue weighted by atomic mass is 9.83. The number of carbonyl (C=O) groups excluding carboxylic acids is 3. The van der Waals surface area contributed by atoms with Gasteiger partial charge in [-0.2, -0.15) is 0 Å². The second kappa shape index (κ2) is 10.0. The Bertz CT molecular complexity index is 1240. The highest BCUT2D eigenvalue weighted by atomic mass is 16.7. The number of phenolic OH excluding ortho intramolecular Hbond substituents is 1. The number of ketones is 1. The van der Waals surface area contributed by atoms with Crippen LogP contribution in [-0.2, 0) is 14.3 Å². The largest absolute Gasteiger partial charge is 0.507 e. The van der Waals surface area contributed by atoms with Crippen molar-refractivity contribution in [2.75, 3.05) is 6.79 Å². The van der Waals surface area contributed by atoms with E-state index in [0.717, 1.165) is 5.56 Å². The zero-order valence-electron chi connectivity index (χ0n) is 20.1. The molecule has 2 aromatic carbocycles. The highest BCUT2D eigenvalue weighted by Crippen LogP contribution is 2.48. The third-order valence-corrected chi connectivity index (χ3v) is 6.78. The molecule has 1 N–H and O–H groups in total. The predicted octanol–water partition coefficient (Wildman–Crippen LogP) is 5.04. The molecule has 3 aliphatic rings. The standard InChI is InChI=1S/C28H28O8/c1-16-6-5-9-19(29)8-4-2-3-7-18-13-23-26(27(31)25(18)28(32)35-16)20(14-24(30)36-23)17-10-11-21-22(12-17)34-15-33-21/h3,7,10-13,16,20,31H,2,4-6,8-9,14-15H2,1H3/t16-,20?/m0/s1. The molecular weight excluding hydrogens is 464 g/mol. The summed E-state index contributed by atoms with van der Waals surface area (Å²) in [4.78, 5) is 37.9. The zero-order valence-corrected chi connectivity index (χ0v) is 20.1. The summed E-state index contributed by atoms with van der Waals surface area (Å²) in [5, 5.41) is 11.5. The molecule has 2 aromatic rings. The molecule has 8 heteroatoms. The number of allylic oxidation sites excluding steroid dienone is 1. The number of esters is 2. The molecule has 188 valence electrons. The molecule has 0 aliphatic carbocycles. The minimum absolute atomic E-state index is 0.00565. The molecule has 0 saturated carbocycles. The SMILES string of the molecule is C[C@H]1CCCC(=O)CCCC=Cc2cc3c(c(O)c2C(=O)O1)C(c1ccc2c(c1)OCO2)CC(=O)O3. The molecule has 0 amide bonds. The first-order chi connectivity index (χ1) is 17.4. The van der Waals surface area contributed by atoms with Crippen LogP contribution in [0.25, 0.3) is 6.08 Å². The molecule has 5 rings (SSSR count). The van der Waals surface area contributed by atoms with Gasteiger partial charge in [-0.15, -0.1) is 0 Å². The molecule has 0 radical (unpaired) electrons. The van der Waals surface area contributed by atoms with Crippen molar-refractivity contribution >= 4 is 23.8 Å². The van der Waals surface area contributed by atoms with Crippen molar-refractivity contribution in [3.05, 3.63) is 52.6 Å². The summed E-state index contributed by atoms with van der Waals surface area (Å²) in [6, 6.07) is 6.95. The van der Waals surface area contributed by atoms with Gasteiger partial charge in [0, 0.05) is 24.3 Å². The van der Waals surface area contributed by atoms with Gasteiger partial charge in [0.2, 0.25) is 6.79 Å². The number of Topliss-reactive ketones (excluding diaryl/α,β-unsaturated/α-hetero) is 1. The van der Waals surface area contributed by atoms with Crippen LogP contribution in [0.1, 0.15) is 84.8 Å². The van der Waals surface area contributed by atoms with Crippen LogP contribution in [-0.4, -0.2) is 35.7 Å². The number of carbonyl (C=O) groups is 3. The van der Waals surface area contributed by atoms with Crippen molar-refractivity contribution in [3.8, 4) is 23.0 Å². The number of rotatable bonds is 1. The summed E-state index contributed by atoms with van der Waals surface area (Å²) in [6.07, 6.45) is 6.59. The molecule has 3 aliphatic heterocycles. The maximum atomic E-state index is 13.3. The average Bonchev–Trinajstić information content (AvgIpc) is 3.30. The summed E-state index contributed by atoms with van der Waals surface area (Å²) in [7, 11) is 0. The fraction of sp³-hybridized carbons (Fsp3) is 0.393. The zero-order chi connectivity index (χ0) is 25.2. The molecule has 0 bridgehead atoms. The van der Waals surface area contributed by atoms with Gasteiger partial charge in [-0.05, 0) is 61.9 Å². The van der Waals surface area contributed by atoms with E-state index in [2.05, 4.69) is 0 Å². The van der Waals surface area contributed by atoms with Crippen molar-refractivity contribution < 1.29 is 38.4 Å². The molecule has 0 spiro atoms. The van der Waals surface area contributed by atoms with Crippen LogP contribution in [0.5, 0.6) is 23.0 Å². The van der Waals surface area contributed by atoms with E-state index in [1.165, 1.54) is 0 Å². The summed E-state index contributed by atoms with van der Waals surface area (Å²) in [5.74, 6) is -0.345.